The minimum absolute atomic E-state index is 0.805. The fourth-order valence-electron chi connectivity index (χ4n) is 1.69. The quantitative estimate of drug-likeness (QED) is 0.596. The second kappa shape index (κ2) is 5.31. The van der Waals surface area contributed by atoms with Crippen molar-refractivity contribution >= 4 is 22.1 Å². The van der Waals surface area contributed by atoms with E-state index in [1.807, 2.05) is 6.07 Å². The molecule has 1 aromatic rings. The van der Waals surface area contributed by atoms with Crippen LogP contribution in [-0.4, -0.2) is 23.4 Å². The Bertz CT molecular complexity index is 427. The molecule has 1 aliphatic rings. The summed E-state index contributed by atoms with van der Waals surface area (Å²) in [5.41, 5.74) is 0. The molecule has 0 aliphatic carbocycles. The summed E-state index contributed by atoms with van der Waals surface area (Å²) in [6, 6.07) is 8.29. The first kappa shape index (κ1) is 10.7. The predicted molar refractivity (Wildman–Crippen MR) is 66.3 cm³/mol. The molecule has 0 unspecified atom stereocenters. The van der Waals surface area contributed by atoms with E-state index in [2.05, 4.69) is 50.2 Å². The highest BCUT2D eigenvalue weighted by molar-refractivity contribution is 9.09. The lowest BCUT2D eigenvalue weighted by molar-refractivity contribution is 0.403. The zero-order valence-electron chi connectivity index (χ0n) is 8.69. The maximum Gasteiger partial charge on any atom is 0.110 e. The number of alkyl halides is 1. The lowest BCUT2D eigenvalue weighted by atomic mass is 10.2. The Balaban J connectivity index is 2.06. The van der Waals surface area contributed by atoms with Crippen molar-refractivity contribution in [1.29, 1.82) is 0 Å². The molecule has 0 N–H and O–H groups in total. The third kappa shape index (κ3) is 2.81. The molecule has 0 fully saturated rings. The molecule has 0 aromatic heterocycles. The van der Waals surface area contributed by atoms with Gasteiger partial charge in [-0.3, -0.25) is 4.99 Å². The molecule has 1 heterocycles. The molecule has 1 aliphatic heterocycles. The zero-order chi connectivity index (χ0) is 10.5. The van der Waals surface area contributed by atoms with Crippen LogP contribution >= 0.6 is 15.9 Å². The Morgan fingerprint density at radius 1 is 1.27 bits per heavy atom. The van der Waals surface area contributed by atoms with Gasteiger partial charge in [-0.1, -0.05) is 34.1 Å². The van der Waals surface area contributed by atoms with E-state index < -0.39 is 0 Å². The zero-order valence-corrected chi connectivity index (χ0v) is 10.3. The van der Waals surface area contributed by atoms with E-state index in [-0.39, 0.29) is 0 Å². The molecule has 1 aromatic carbocycles. The molecule has 0 atom stereocenters. The lowest BCUT2D eigenvalue weighted by Gasteiger charge is -2.20. The Morgan fingerprint density at radius 2 is 2.13 bits per heavy atom. The molecule has 0 amide bonds. The highest BCUT2D eigenvalue weighted by atomic mass is 79.9. The number of unbranched alkanes of at least 4 members (excludes halogenated alkanes) is 1. The van der Waals surface area contributed by atoms with Gasteiger partial charge in [0.05, 0.1) is 5.36 Å². The van der Waals surface area contributed by atoms with E-state index in [0.29, 0.717) is 0 Å². The van der Waals surface area contributed by atoms with Gasteiger partial charge < -0.3 is 4.90 Å². The van der Waals surface area contributed by atoms with Crippen LogP contribution in [0.25, 0.3) is 6.20 Å². The smallest absolute Gasteiger partial charge is 0.110 e. The number of para-hydroxylation sites is 1. The Morgan fingerprint density at radius 3 is 3.00 bits per heavy atom. The van der Waals surface area contributed by atoms with Crippen LogP contribution in [0.15, 0.2) is 29.3 Å². The van der Waals surface area contributed by atoms with E-state index >= 15 is 0 Å². The van der Waals surface area contributed by atoms with Gasteiger partial charge in [0, 0.05) is 23.3 Å². The van der Waals surface area contributed by atoms with Gasteiger partial charge in [0.25, 0.3) is 0 Å². The molecule has 0 saturated heterocycles. The summed E-state index contributed by atoms with van der Waals surface area (Å²) in [5.74, 6) is 0. The van der Waals surface area contributed by atoms with Crippen LogP contribution in [0.4, 0.5) is 0 Å². The fraction of sp³-hybridized carbons (Fsp3) is 0.417. The van der Waals surface area contributed by atoms with Crippen molar-refractivity contribution in [2.45, 2.75) is 12.8 Å². The number of hydrogen-bond donors (Lipinski definition) is 0. The van der Waals surface area contributed by atoms with Crippen LogP contribution in [0.1, 0.15) is 12.8 Å². The fourth-order valence-corrected chi connectivity index (χ4v) is 2.09. The molecule has 0 radical (unpaired) electrons. The lowest BCUT2D eigenvalue weighted by Crippen LogP contribution is -2.35. The largest absolute Gasteiger partial charge is 0.358 e. The average Bonchev–Trinajstić information content (AvgIpc) is 2.29. The standard InChI is InChI=1S/C12H15BrN2/c13-7-3-4-8-15-9-11-5-1-2-6-12(11)14-10-15/h1-2,5-6,9H,3-4,7-8,10H2. The van der Waals surface area contributed by atoms with Crippen molar-refractivity contribution in [2.75, 3.05) is 18.5 Å². The number of halogens is 1. The van der Waals surface area contributed by atoms with Gasteiger partial charge in [0.1, 0.15) is 6.67 Å². The van der Waals surface area contributed by atoms with E-state index in [1.165, 1.54) is 18.1 Å². The molecule has 0 saturated carbocycles. The molecule has 2 nitrogen and oxygen atoms in total. The van der Waals surface area contributed by atoms with Crippen molar-refractivity contribution in [1.82, 2.24) is 4.90 Å². The first-order chi connectivity index (χ1) is 7.40. The number of fused-ring (bicyclic) bond motifs is 1. The second-order valence-electron chi connectivity index (χ2n) is 3.70. The molecule has 3 heteroatoms. The van der Waals surface area contributed by atoms with Crippen molar-refractivity contribution in [3.05, 3.63) is 34.8 Å². The van der Waals surface area contributed by atoms with E-state index in [0.717, 1.165) is 23.9 Å². The third-order valence-corrected chi connectivity index (χ3v) is 3.07. The minimum Gasteiger partial charge on any atom is -0.358 e. The van der Waals surface area contributed by atoms with E-state index in [9.17, 15) is 0 Å². The SMILES string of the molecule is BrCCCCN1C=c2ccccc2=NC1. The van der Waals surface area contributed by atoms with Gasteiger partial charge in [0.2, 0.25) is 0 Å². The summed E-state index contributed by atoms with van der Waals surface area (Å²) >= 11 is 3.45. The normalized spacial score (nSPS) is 14.1. The molecule has 0 spiro atoms. The van der Waals surface area contributed by atoms with Crippen LogP contribution in [0.5, 0.6) is 0 Å². The summed E-state index contributed by atoms with van der Waals surface area (Å²) in [5, 5.41) is 3.45. The van der Waals surface area contributed by atoms with Crippen LogP contribution in [-0.2, 0) is 0 Å². The van der Waals surface area contributed by atoms with Gasteiger partial charge in [-0.05, 0) is 18.9 Å². The first-order valence-electron chi connectivity index (χ1n) is 5.31. The van der Waals surface area contributed by atoms with Crippen molar-refractivity contribution < 1.29 is 0 Å². The van der Waals surface area contributed by atoms with Crippen LogP contribution < -0.4 is 10.6 Å². The maximum absolute atomic E-state index is 4.54. The van der Waals surface area contributed by atoms with Crippen LogP contribution in [0.2, 0.25) is 0 Å². The minimum atomic E-state index is 0.805. The number of hydrogen-bond acceptors (Lipinski definition) is 2. The Hall–Kier alpha value is -0.830. The van der Waals surface area contributed by atoms with Gasteiger partial charge in [-0.25, -0.2) is 0 Å². The van der Waals surface area contributed by atoms with Gasteiger partial charge in [-0.2, -0.15) is 0 Å². The summed E-state index contributed by atoms with van der Waals surface area (Å²) < 4.78 is 0. The predicted octanol–water partition coefficient (Wildman–Crippen LogP) is 1.49. The number of rotatable bonds is 4. The van der Waals surface area contributed by atoms with Gasteiger partial charge in [0.15, 0.2) is 0 Å². The Labute approximate surface area is 98.4 Å². The summed E-state index contributed by atoms with van der Waals surface area (Å²) in [7, 11) is 0. The highest BCUT2D eigenvalue weighted by Gasteiger charge is 2.02. The summed E-state index contributed by atoms with van der Waals surface area (Å²) in [6.07, 6.45) is 4.67. The van der Waals surface area contributed by atoms with Gasteiger partial charge in [-0.15, -0.1) is 0 Å². The van der Waals surface area contributed by atoms with Crippen LogP contribution in [0.3, 0.4) is 0 Å². The summed E-state index contributed by atoms with van der Waals surface area (Å²) in [4.78, 5) is 6.82. The topological polar surface area (TPSA) is 15.6 Å². The number of nitrogens with zero attached hydrogens (tertiary/aromatic N) is 2. The van der Waals surface area contributed by atoms with Crippen molar-refractivity contribution in [3.63, 3.8) is 0 Å². The van der Waals surface area contributed by atoms with Crippen LogP contribution in [0, 0.1) is 0 Å². The molecular formula is C12H15BrN2. The molecular weight excluding hydrogens is 252 g/mol. The maximum atomic E-state index is 4.54. The Kier molecular flexibility index (Phi) is 3.78. The highest BCUT2D eigenvalue weighted by Crippen LogP contribution is 1.99. The first-order valence-corrected chi connectivity index (χ1v) is 6.44. The van der Waals surface area contributed by atoms with Gasteiger partial charge >= 0.3 is 0 Å². The van der Waals surface area contributed by atoms with Crippen molar-refractivity contribution in [2.24, 2.45) is 4.99 Å². The third-order valence-electron chi connectivity index (χ3n) is 2.51. The van der Waals surface area contributed by atoms with E-state index in [1.54, 1.807) is 0 Å². The molecule has 0 bridgehead atoms. The average molecular weight is 267 g/mol. The second-order valence-corrected chi connectivity index (χ2v) is 4.49. The van der Waals surface area contributed by atoms with E-state index in [4.69, 9.17) is 0 Å². The summed E-state index contributed by atoms with van der Waals surface area (Å²) in [6.45, 7) is 1.91. The molecule has 2 rings (SSSR count). The molecule has 15 heavy (non-hydrogen) atoms. The number of benzene rings is 1. The monoisotopic (exact) mass is 266 g/mol. The molecule has 80 valence electrons. The van der Waals surface area contributed by atoms with Crippen molar-refractivity contribution in [3.8, 4) is 0 Å².